The number of allylic oxidation sites excluding steroid dienone is 1. The Balaban J connectivity index is 1.16. The van der Waals surface area contributed by atoms with Gasteiger partial charge in [0.05, 0.1) is 35.5 Å². The molecule has 3 aliphatic rings. The number of anilines is 1. The van der Waals surface area contributed by atoms with Crippen LogP contribution in [0.3, 0.4) is 0 Å². The molecule has 42 heavy (non-hydrogen) atoms. The molecular formula is C30H23ClF2N8O. The first-order valence-electron chi connectivity index (χ1n) is 13.6. The molecule has 3 atom stereocenters. The SMILES string of the molecule is C=C1CCc2cc(-c3cnc(C4C5CC5c5nc(-c6cc(Cl)ccc6-n6cc(C(F)F)nn6)cc(=O)n54)[nH]3)ccc2N1. The van der Waals surface area contributed by atoms with E-state index in [2.05, 4.69) is 39.3 Å². The van der Waals surface area contributed by atoms with Gasteiger partial charge in [-0.15, -0.1) is 5.10 Å². The van der Waals surface area contributed by atoms with Gasteiger partial charge in [0.1, 0.15) is 17.3 Å². The summed E-state index contributed by atoms with van der Waals surface area (Å²) in [4.78, 5) is 26.7. The quantitative estimate of drug-likeness (QED) is 0.260. The molecule has 2 aromatic carbocycles. The third-order valence-corrected chi connectivity index (χ3v) is 8.59. The Hall–Kier alpha value is -4.64. The van der Waals surface area contributed by atoms with E-state index >= 15 is 0 Å². The monoisotopic (exact) mass is 584 g/mol. The first-order valence-corrected chi connectivity index (χ1v) is 14.0. The molecule has 1 fully saturated rings. The number of aromatic amines is 1. The predicted octanol–water partition coefficient (Wildman–Crippen LogP) is 6.05. The summed E-state index contributed by atoms with van der Waals surface area (Å²) in [6, 6.07) is 12.4. The summed E-state index contributed by atoms with van der Waals surface area (Å²) in [5, 5.41) is 11.2. The lowest BCUT2D eigenvalue weighted by Gasteiger charge is -2.20. The molecule has 0 radical (unpaired) electrons. The van der Waals surface area contributed by atoms with Gasteiger partial charge < -0.3 is 10.3 Å². The number of H-pyrrole nitrogens is 1. The lowest BCUT2D eigenvalue weighted by Crippen LogP contribution is -2.27. The highest BCUT2D eigenvalue weighted by molar-refractivity contribution is 6.31. The van der Waals surface area contributed by atoms with Gasteiger partial charge in [0.25, 0.3) is 12.0 Å². The zero-order chi connectivity index (χ0) is 28.7. The average molecular weight is 585 g/mol. The fourth-order valence-corrected chi connectivity index (χ4v) is 6.41. The molecule has 3 aromatic heterocycles. The van der Waals surface area contributed by atoms with Gasteiger partial charge in [-0.2, -0.15) is 0 Å². The van der Waals surface area contributed by atoms with Crippen molar-refractivity contribution in [1.29, 1.82) is 0 Å². The Morgan fingerprint density at radius 3 is 2.83 bits per heavy atom. The third-order valence-electron chi connectivity index (χ3n) is 8.35. The molecule has 5 aromatic rings. The number of alkyl halides is 2. The largest absolute Gasteiger partial charge is 0.359 e. The highest BCUT2D eigenvalue weighted by atomic mass is 35.5. The maximum Gasteiger partial charge on any atom is 0.283 e. The van der Waals surface area contributed by atoms with E-state index in [1.54, 1.807) is 22.8 Å². The van der Waals surface area contributed by atoms with Crippen molar-refractivity contribution in [3.8, 4) is 28.2 Å². The molecule has 1 saturated carbocycles. The number of rotatable bonds is 5. The number of halogens is 3. The zero-order valence-electron chi connectivity index (χ0n) is 22.1. The number of hydrogen-bond acceptors (Lipinski definition) is 6. The molecule has 0 saturated heterocycles. The molecular weight excluding hydrogens is 562 g/mol. The fraction of sp³-hybridized carbons (Fsp3) is 0.233. The third kappa shape index (κ3) is 3.98. The number of aromatic nitrogens is 7. The highest BCUT2D eigenvalue weighted by Gasteiger charge is 2.55. The van der Waals surface area contributed by atoms with Crippen molar-refractivity contribution in [2.24, 2.45) is 5.92 Å². The Morgan fingerprint density at radius 2 is 2.00 bits per heavy atom. The Morgan fingerprint density at radius 1 is 1.12 bits per heavy atom. The predicted molar refractivity (Wildman–Crippen MR) is 153 cm³/mol. The molecule has 210 valence electrons. The minimum atomic E-state index is -2.76. The van der Waals surface area contributed by atoms with Gasteiger partial charge in [0.2, 0.25) is 0 Å². The molecule has 0 amide bonds. The number of fused-ring (bicyclic) bond motifs is 4. The summed E-state index contributed by atoms with van der Waals surface area (Å²) in [5.74, 6) is 1.74. The number of benzene rings is 2. The molecule has 1 aliphatic carbocycles. The van der Waals surface area contributed by atoms with Crippen LogP contribution in [0.15, 0.2) is 71.9 Å². The van der Waals surface area contributed by atoms with E-state index in [1.165, 1.54) is 16.3 Å². The lowest BCUT2D eigenvalue weighted by molar-refractivity contribution is 0.146. The van der Waals surface area contributed by atoms with Crippen molar-refractivity contribution >= 4 is 17.3 Å². The van der Waals surface area contributed by atoms with Gasteiger partial charge in [0.15, 0.2) is 0 Å². The van der Waals surface area contributed by atoms with Gasteiger partial charge in [-0.25, -0.2) is 23.4 Å². The fourth-order valence-electron chi connectivity index (χ4n) is 6.23. The van der Waals surface area contributed by atoms with Crippen LogP contribution in [-0.4, -0.2) is 34.5 Å². The van der Waals surface area contributed by atoms with Gasteiger partial charge in [-0.05, 0) is 66.6 Å². The standard InChI is InChI=1S/C30H23ClF2N8O/c1-14-2-3-15-8-16(4-6-21(15)35-14)23-12-34-29(36-23)27-18-10-19(18)30-37-22(11-26(42)41(27)30)20-9-17(31)5-7-25(20)40-13-24(28(32)33)38-39-40/h4-9,11-13,18-19,27-28,35H,1-3,10H2,(H,34,36). The van der Waals surface area contributed by atoms with E-state index in [0.29, 0.717) is 27.8 Å². The number of nitrogens with one attached hydrogen (secondary N) is 2. The van der Waals surface area contributed by atoms with Crippen LogP contribution in [0.5, 0.6) is 0 Å². The van der Waals surface area contributed by atoms with Crippen molar-refractivity contribution < 1.29 is 8.78 Å². The topological polar surface area (TPSA) is 106 Å². The van der Waals surface area contributed by atoms with Crippen LogP contribution in [0, 0.1) is 5.92 Å². The van der Waals surface area contributed by atoms with Crippen LogP contribution < -0.4 is 10.9 Å². The number of imidazole rings is 1. The normalized spacial score (nSPS) is 20.3. The Labute approximate surface area is 242 Å². The second-order valence-electron chi connectivity index (χ2n) is 11.0. The summed E-state index contributed by atoms with van der Waals surface area (Å²) >= 11 is 6.31. The molecule has 0 spiro atoms. The van der Waals surface area contributed by atoms with E-state index in [0.717, 1.165) is 53.9 Å². The summed E-state index contributed by atoms with van der Waals surface area (Å²) in [6.45, 7) is 4.03. The Kier molecular flexibility index (Phi) is 5.49. The Bertz CT molecular complexity index is 1980. The molecule has 2 aliphatic heterocycles. The number of hydrogen-bond donors (Lipinski definition) is 2. The molecule has 12 heteroatoms. The van der Waals surface area contributed by atoms with E-state index in [1.807, 2.05) is 12.3 Å². The zero-order valence-corrected chi connectivity index (χ0v) is 22.8. The van der Waals surface area contributed by atoms with Crippen LogP contribution in [0.25, 0.3) is 28.2 Å². The van der Waals surface area contributed by atoms with E-state index in [9.17, 15) is 13.6 Å². The van der Waals surface area contributed by atoms with Crippen molar-refractivity contribution in [3.63, 3.8) is 0 Å². The molecule has 5 heterocycles. The van der Waals surface area contributed by atoms with E-state index in [4.69, 9.17) is 21.6 Å². The molecule has 0 bridgehead atoms. The molecule has 8 rings (SSSR count). The maximum atomic E-state index is 13.6. The van der Waals surface area contributed by atoms with Crippen LogP contribution in [0.4, 0.5) is 14.5 Å². The van der Waals surface area contributed by atoms with E-state index in [-0.39, 0.29) is 23.4 Å². The van der Waals surface area contributed by atoms with Gasteiger partial charge >= 0.3 is 0 Å². The lowest BCUT2D eigenvalue weighted by atomic mass is 9.98. The second-order valence-corrected chi connectivity index (χ2v) is 11.4. The van der Waals surface area contributed by atoms with Crippen molar-refractivity contribution in [1.82, 2.24) is 34.5 Å². The minimum absolute atomic E-state index is 0.124. The number of nitrogens with zero attached hydrogens (tertiary/aromatic N) is 6. The summed E-state index contributed by atoms with van der Waals surface area (Å²) < 4.78 is 29.3. The number of aryl methyl sites for hydroxylation is 1. The van der Waals surface area contributed by atoms with Crippen molar-refractivity contribution in [2.75, 3.05) is 5.32 Å². The second kappa shape index (κ2) is 9.18. The summed E-state index contributed by atoms with van der Waals surface area (Å²) in [5.41, 5.74) is 5.92. The van der Waals surface area contributed by atoms with Crippen LogP contribution in [-0.2, 0) is 6.42 Å². The minimum Gasteiger partial charge on any atom is -0.359 e. The van der Waals surface area contributed by atoms with Crippen molar-refractivity contribution in [2.45, 2.75) is 37.6 Å². The summed E-state index contributed by atoms with van der Waals surface area (Å²) in [7, 11) is 0. The van der Waals surface area contributed by atoms with Crippen LogP contribution >= 0.6 is 11.6 Å². The van der Waals surface area contributed by atoms with Gasteiger partial charge in [-0.3, -0.25) is 9.36 Å². The first-order chi connectivity index (χ1) is 20.3. The maximum absolute atomic E-state index is 13.6. The van der Waals surface area contributed by atoms with E-state index < -0.39 is 12.1 Å². The smallest absolute Gasteiger partial charge is 0.283 e. The van der Waals surface area contributed by atoms with Gasteiger partial charge in [0, 0.05) is 34.0 Å². The van der Waals surface area contributed by atoms with Crippen LogP contribution in [0.1, 0.15) is 54.1 Å². The molecule has 9 nitrogen and oxygen atoms in total. The first kappa shape index (κ1) is 25.1. The highest BCUT2D eigenvalue weighted by Crippen LogP contribution is 2.59. The average Bonchev–Trinajstić information content (AvgIpc) is 3.30. The molecule has 2 N–H and O–H groups in total. The van der Waals surface area contributed by atoms with Crippen molar-refractivity contribution in [3.05, 3.63) is 105 Å². The molecule has 3 unspecified atom stereocenters. The van der Waals surface area contributed by atoms with Crippen LogP contribution in [0.2, 0.25) is 5.02 Å². The summed E-state index contributed by atoms with van der Waals surface area (Å²) in [6.07, 6.45) is 2.95. The van der Waals surface area contributed by atoms with Gasteiger partial charge in [-0.1, -0.05) is 29.5 Å².